The van der Waals surface area contributed by atoms with Gasteiger partial charge in [0, 0.05) is 18.6 Å². The summed E-state index contributed by atoms with van der Waals surface area (Å²) in [6.45, 7) is 7.35. The highest BCUT2D eigenvalue weighted by Crippen LogP contribution is 2.34. The molecule has 0 saturated heterocycles. The summed E-state index contributed by atoms with van der Waals surface area (Å²) in [7, 11) is 2.16. The van der Waals surface area contributed by atoms with Gasteiger partial charge < -0.3 is 10.2 Å². The fourth-order valence-corrected chi connectivity index (χ4v) is 3.76. The molecule has 3 atom stereocenters. The molecule has 0 radical (unpaired) electrons. The molecule has 1 N–H and O–H groups in total. The number of rotatable bonds is 7. The average molecular weight is 252 g/mol. The normalized spacial score (nSPS) is 33.0. The van der Waals surface area contributed by atoms with Gasteiger partial charge in [0.2, 0.25) is 0 Å². The number of hydrogen-bond acceptors (Lipinski definition) is 2. The van der Waals surface area contributed by atoms with Crippen molar-refractivity contribution in [2.45, 2.75) is 70.9 Å². The molecule has 0 amide bonds. The average Bonchev–Trinajstić information content (AvgIpc) is 3.22. The van der Waals surface area contributed by atoms with E-state index in [1.54, 1.807) is 0 Å². The van der Waals surface area contributed by atoms with E-state index in [0.29, 0.717) is 0 Å². The van der Waals surface area contributed by atoms with E-state index >= 15 is 0 Å². The van der Waals surface area contributed by atoms with E-state index in [9.17, 15) is 0 Å². The highest BCUT2D eigenvalue weighted by Gasteiger charge is 2.34. The molecule has 0 bridgehead atoms. The lowest BCUT2D eigenvalue weighted by Crippen LogP contribution is -2.45. The van der Waals surface area contributed by atoms with E-state index in [1.165, 1.54) is 58.0 Å². The van der Waals surface area contributed by atoms with Crippen molar-refractivity contribution in [3.63, 3.8) is 0 Å². The van der Waals surface area contributed by atoms with Crippen LogP contribution in [0.2, 0.25) is 0 Å². The van der Waals surface area contributed by atoms with Crippen molar-refractivity contribution >= 4 is 0 Å². The second kappa shape index (κ2) is 6.91. The van der Waals surface area contributed by atoms with Gasteiger partial charge in [-0.2, -0.15) is 0 Å². The van der Waals surface area contributed by atoms with Crippen molar-refractivity contribution in [2.24, 2.45) is 11.8 Å². The highest BCUT2D eigenvalue weighted by atomic mass is 15.2. The van der Waals surface area contributed by atoms with Crippen LogP contribution < -0.4 is 5.32 Å². The zero-order chi connectivity index (χ0) is 13.0. The van der Waals surface area contributed by atoms with Crippen molar-refractivity contribution in [3.8, 4) is 0 Å². The summed E-state index contributed by atoms with van der Waals surface area (Å²) in [5.74, 6) is 1.88. The van der Waals surface area contributed by atoms with Crippen LogP contribution in [0.4, 0.5) is 0 Å². The van der Waals surface area contributed by atoms with Crippen molar-refractivity contribution in [2.75, 3.05) is 20.1 Å². The van der Waals surface area contributed by atoms with E-state index in [-0.39, 0.29) is 0 Å². The first-order valence-electron chi connectivity index (χ1n) is 8.19. The van der Waals surface area contributed by atoms with Crippen LogP contribution >= 0.6 is 0 Å². The van der Waals surface area contributed by atoms with Gasteiger partial charge in [-0.3, -0.25) is 0 Å². The first kappa shape index (κ1) is 14.3. The predicted octanol–water partition coefficient (Wildman–Crippen LogP) is 3.28. The van der Waals surface area contributed by atoms with Gasteiger partial charge in [-0.15, -0.1) is 0 Å². The maximum absolute atomic E-state index is 3.58. The Morgan fingerprint density at radius 1 is 1.11 bits per heavy atom. The van der Waals surface area contributed by atoms with Gasteiger partial charge in [-0.05, 0) is 64.0 Å². The third-order valence-corrected chi connectivity index (χ3v) is 5.08. The molecule has 0 aromatic rings. The Morgan fingerprint density at radius 3 is 2.44 bits per heavy atom. The quantitative estimate of drug-likeness (QED) is 0.748. The summed E-state index contributed by atoms with van der Waals surface area (Å²) >= 11 is 0. The minimum atomic E-state index is 0.769. The maximum atomic E-state index is 3.58. The molecule has 0 aromatic carbocycles. The van der Waals surface area contributed by atoms with Crippen LogP contribution in [-0.4, -0.2) is 37.1 Å². The van der Waals surface area contributed by atoms with Crippen LogP contribution in [0.3, 0.4) is 0 Å². The Balaban J connectivity index is 1.89. The highest BCUT2D eigenvalue weighted by molar-refractivity contribution is 4.90. The molecule has 2 rings (SSSR count). The van der Waals surface area contributed by atoms with Gasteiger partial charge in [0.1, 0.15) is 0 Å². The maximum Gasteiger partial charge on any atom is 0.0105 e. The van der Waals surface area contributed by atoms with Crippen LogP contribution in [0.1, 0.15) is 58.8 Å². The Bertz CT molecular complexity index is 237. The van der Waals surface area contributed by atoms with E-state index in [4.69, 9.17) is 0 Å². The van der Waals surface area contributed by atoms with E-state index in [0.717, 1.165) is 23.9 Å². The lowest BCUT2D eigenvalue weighted by molar-refractivity contribution is 0.136. The molecule has 0 aromatic heterocycles. The largest absolute Gasteiger partial charge is 0.317 e. The Morgan fingerprint density at radius 2 is 1.89 bits per heavy atom. The monoisotopic (exact) mass is 252 g/mol. The van der Waals surface area contributed by atoms with E-state index in [2.05, 4.69) is 31.1 Å². The molecule has 0 aliphatic heterocycles. The Labute approximate surface area is 114 Å². The molecule has 0 heterocycles. The van der Waals surface area contributed by atoms with E-state index < -0.39 is 0 Å². The van der Waals surface area contributed by atoms with Crippen LogP contribution in [0.15, 0.2) is 0 Å². The fraction of sp³-hybridized carbons (Fsp3) is 1.00. The minimum Gasteiger partial charge on any atom is -0.317 e. The molecular weight excluding hydrogens is 220 g/mol. The third kappa shape index (κ3) is 3.71. The molecular formula is C16H32N2. The second-order valence-electron chi connectivity index (χ2n) is 6.47. The molecule has 2 nitrogen and oxygen atoms in total. The van der Waals surface area contributed by atoms with Gasteiger partial charge in [0.05, 0.1) is 0 Å². The summed E-state index contributed by atoms with van der Waals surface area (Å²) in [4.78, 5) is 2.78. The third-order valence-electron chi connectivity index (χ3n) is 5.08. The molecule has 2 aliphatic carbocycles. The smallest absolute Gasteiger partial charge is 0.0105 e. The SMILES string of the molecule is CCCN(CC1CC(CC)CCC1NC)C1CC1. The van der Waals surface area contributed by atoms with Crippen LogP contribution in [-0.2, 0) is 0 Å². The van der Waals surface area contributed by atoms with Crippen molar-refractivity contribution in [1.29, 1.82) is 0 Å². The Hall–Kier alpha value is -0.0800. The van der Waals surface area contributed by atoms with Gasteiger partial charge in [0.15, 0.2) is 0 Å². The summed E-state index contributed by atoms with van der Waals surface area (Å²) in [5, 5.41) is 3.58. The summed E-state index contributed by atoms with van der Waals surface area (Å²) in [5.41, 5.74) is 0. The number of nitrogens with one attached hydrogen (secondary N) is 1. The first-order valence-corrected chi connectivity index (χ1v) is 8.19. The van der Waals surface area contributed by atoms with Crippen molar-refractivity contribution in [1.82, 2.24) is 10.2 Å². The molecule has 106 valence electrons. The lowest BCUT2D eigenvalue weighted by Gasteiger charge is -2.39. The molecule has 18 heavy (non-hydrogen) atoms. The molecule has 2 fully saturated rings. The lowest BCUT2D eigenvalue weighted by atomic mass is 9.76. The Kier molecular flexibility index (Phi) is 5.50. The fourth-order valence-electron chi connectivity index (χ4n) is 3.76. The molecule has 2 aliphatic rings. The van der Waals surface area contributed by atoms with Gasteiger partial charge >= 0.3 is 0 Å². The number of nitrogens with zero attached hydrogens (tertiary/aromatic N) is 1. The number of hydrogen-bond donors (Lipinski definition) is 1. The zero-order valence-electron chi connectivity index (χ0n) is 12.6. The van der Waals surface area contributed by atoms with Crippen LogP contribution in [0.25, 0.3) is 0 Å². The summed E-state index contributed by atoms with van der Waals surface area (Å²) in [6, 6.07) is 1.70. The van der Waals surface area contributed by atoms with E-state index in [1.807, 2.05) is 0 Å². The predicted molar refractivity (Wildman–Crippen MR) is 78.9 cm³/mol. The van der Waals surface area contributed by atoms with Crippen LogP contribution in [0, 0.1) is 11.8 Å². The second-order valence-corrected chi connectivity index (χ2v) is 6.47. The van der Waals surface area contributed by atoms with Gasteiger partial charge in [-0.1, -0.05) is 20.3 Å². The van der Waals surface area contributed by atoms with Gasteiger partial charge in [-0.25, -0.2) is 0 Å². The molecule has 3 unspecified atom stereocenters. The van der Waals surface area contributed by atoms with Crippen molar-refractivity contribution < 1.29 is 0 Å². The summed E-state index contributed by atoms with van der Waals surface area (Å²) in [6.07, 6.45) is 9.88. The topological polar surface area (TPSA) is 15.3 Å². The first-order chi connectivity index (χ1) is 8.78. The minimum absolute atomic E-state index is 0.769. The zero-order valence-corrected chi connectivity index (χ0v) is 12.6. The molecule has 2 heteroatoms. The summed E-state index contributed by atoms with van der Waals surface area (Å²) < 4.78 is 0. The molecule has 2 saturated carbocycles. The molecule has 0 spiro atoms. The van der Waals surface area contributed by atoms with Crippen LogP contribution in [0.5, 0.6) is 0 Å². The standard InChI is InChI=1S/C16H32N2/c1-4-10-18(15-7-8-15)12-14-11-13(5-2)6-9-16(14)17-3/h13-17H,4-12H2,1-3H3. The van der Waals surface area contributed by atoms with Gasteiger partial charge in [0.25, 0.3) is 0 Å². The van der Waals surface area contributed by atoms with Crippen molar-refractivity contribution in [3.05, 3.63) is 0 Å².